The Labute approximate surface area is 156 Å². The first kappa shape index (κ1) is 17.5. The van der Waals surface area contributed by atoms with Gasteiger partial charge in [-0.2, -0.15) is 0 Å². The summed E-state index contributed by atoms with van der Waals surface area (Å²) in [6.45, 7) is 0. The number of phenols is 3. The van der Waals surface area contributed by atoms with E-state index in [-0.39, 0.29) is 77.5 Å². The van der Waals surface area contributed by atoms with Crippen LogP contribution in [-0.2, 0) is 0 Å². The largest absolute Gasteiger partial charge is 1.00 e. The molecule has 2 aromatic rings. The third kappa shape index (κ3) is 3.24. The Bertz CT molecular complexity index is 764. The summed E-state index contributed by atoms with van der Waals surface area (Å²) in [6.07, 6.45) is -0.546. The molecule has 0 aromatic heterocycles. The van der Waals surface area contributed by atoms with Crippen molar-refractivity contribution in [2.75, 3.05) is 7.11 Å². The molecule has 0 radical (unpaired) electrons. The first-order valence-electron chi connectivity index (χ1n) is 6.62. The van der Waals surface area contributed by atoms with Crippen LogP contribution in [0.15, 0.2) is 30.3 Å². The molecule has 1 atom stereocenters. The fraction of sp³-hybridized carbons (Fsp3) is 0.188. The van der Waals surface area contributed by atoms with Crippen LogP contribution in [0.25, 0.3) is 0 Å². The number of benzene rings is 2. The van der Waals surface area contributed by atoms with Crippen molar-refractivity contribution >= 4 is 5.78 Å². The van der Waals surface area contributed by atoms with Gasteiger partial charge in [-0.1, -0.05) is 6.07 Å². The van der Waals surface area contributed by atoms with Crippen LogP contribution in [0.3, 0.4) is 0 Å². The molecule has 2 aromatic carbocycles. The molecule has 1 aliphatic rings. The summed E-state index contributed by atoms with van der Waals surface area (Å²) in [4.78, 5) is 12.2. The first-order chi connectivity index (χ1) is 10.5. The molecule has 1 heterocycles. The number of aromatic hydroxyl groups is 3. The number of rotatable bonds is 2. The predicted molar refractivity (Wildman–Crippen MR) is 77.9 cm³/mol. The van der Waals surface area contributed by atoms with E-state index in [0.717, 1.165) is 6.07 Å². The molecule has 0 fully saturated rings. The third-order valence-electron chi connectivity index (χ3n) is 3.56. The van der Waals surface area contributed by atoms with Crippen LogP contribution in [0.4, 0.5) is 0 Å². The zero-order chi connectivity index (χ0) is 15.9. The van der Waals surface area contributed by atoms with E-state index in [9.17, 15) is 20.1 Å². The maximum absolute atomic E-state index is 12.2. The van der Waals surface area contributed by atoms with Crippen LogP contribution in [0.2, 0.25) is 0 Å². The molecule has 0 aliphatic carbocycles. The number of methoxy groups -OCH3 is 1. The standard InChI is InChI=1S/C16H14O6.Na.H/c1-21-14-4-8(2-3-10(14)18)13-7-12(20)16-11(19)5-9(17)6-15(16)22-13;;/h2-6,13,17-19H,7H2,1H3;;/q;+1;-1/t13-;;/m0../s1. The molecule has 116 valence electrons. The van der Waals surface area contributed by atoms with Gasteiger partial charge in [-0.15, -0.1) is 0 Å². The molecule has 0 saturated heterocycles. The third-order valence-corrected chi connectivity index (χ3v) is 3.56. The average molecular weight is 326 g/mol. The van der Waals surface area contributed by atoms with Crippen molar-refractivity contribution in [2.24, 2.45) is 0 Å². The minimum absolute atomic E-state index is 0. The summed E-state index contributed by atoms with van der Waals surface area (Å²) in [7, 11) is 1.43. The number of Topliss-reactive ketones (excluding diaryl/α,β-unsaturated/α-hetero) is 1. The number of hydrogen-bond acceptors (Lipinski definition) is 6. The van der Waals surface area contributed by atoms with E-state index >= 15 is 0 Å². The number of ether oxygens (including phenoxy) is 2. The number of fused-ring (bicyclic) bond motifs is 1. The number of hydrogen-bond donors (Lipinski definition) is 3. The zero-order valence-corrected chi connectivity index (χ0v) is 14.7. The second kappa shape index (κ2) is 6.70. The van der Waals surface area contributed by atoms with Gasteiger partial charge in [-0.25, -0.2) is 0 Å². The van der Waals surface area contributed by atoms with Gasteiger partial charge in [0.05, 0.1) is 13.5 Å². The SMILES string of the molecule is COc1cc([C@@H]2CC(=O)c3c(O)cc(O)cc3O2)ccc1O.[H-].[Na+]. The Morgan fingerprint density at radius 3 is 2.61 bits per heavy atom. The van der Waals surface area contributed by atoms with Gasteiger partial charge < -0.3 is 26.2 Å². The fourth-order valence-electron chi connectivity index (χ4n) is 2.51. The monoisotopic (exact) mass is 326 g/mol. The van der Waals surface area contributed by atoms with E-state index in [2.05, 4.69) is 0 Å². The normalized spacial score (nSPS) is 16.0. The van der Waals surface area contributed by atoms with Crippen molar-refractivity contribution in [2.45, 2.75) is 12.5 Å². The Kier molecular flexibility index (Phi) is 5.09. The van der Waals surface area contributed by atoms with Crippen LogP contribution in [-0.4, -0.2) is 28.2 Å². The number of carbonyl (C=O) groups is 1. The molecular formula is C16H15NaO6. The average Bonchev–Trinajstić information content (AvgIpc) is 2.46. The van der Waals surface area contributed by atoms with E-state index in [4.69, 9.17) is 9.47 Å². The Morgan fingerprint density at radius 1 is 1.17 bits per heavy atom. The van der Waals surface area contributed by atoms with Gasteiger partial charge >= 0.3 is 29.6 Å². The molecular weight excluding hydrogens is 311 g/mol. The Balaban J connectivity index is 0.00000144. The van der Waals surface area contributed by atoms with E-state index in [1.165, 1.54) is 19.2 Å². The number of ketones is 1. The quantitative estimate of drug-likeness (QED) is 0.652. The van der Waals surface area contributed by atoms with Gasteiger partial charge in [-0.05, 0) is 17.7 Å². The summed E-state index contributed by atoms with van der Waals surface area (Å²) in [5.74, 6) is -0.376. The summed E-state index contributed by atoms with van der Waals surface area (Å²) >= 11 is 0. The van der Waals surface area contributed by atoms with Crippen molar-refractivity contribution in [3.8, 4) is 28.7 Å². The zero-order valence-electron chi connectivity index (χ0n) is 13.7. The van der Waals surface area contributed by atoms with E-state index < -0.39 is 6.10 Å². The van der Waals surface area contributed by atoms with E-state index in [0.29, 0.717) is 5.56 Å². The first-order valence-corrected chi connectivity index (χ1v) is 6.62. The summed E-state index contributed by atoms with van der Waals surface area (Å²) in [5.41, 5.74) is 0.719. The van der Waals surface area contributed by atoms with Gasteiger partial charge in [0.2, 0.25) is 0 Å². The van der Waals surface area contributed by atoms with Gasteiger partial charge in [0.1, 0.15) is 28.9 Å². The molecule has 23 heavy (non-hydrogen) atoms. The van der Waals surface area contributed by atoms with Crippen molar-refractivity contribution in [3.63, 3.8) is 0 Å². The van der Waals surface area contributed by atoms with E-state index in [1.54, 1.807) is 12.1 Å². The van der Waals surface area contributed by atoms with E-state index in [1.807, 2.05) is 0 Å². The molecule has 0 amide bonds. The molecule has 1 aliphatic heterocycles. The van der Waals surface area contributed by atoms with Crippen molar-refractivity contribution in [1.29, 1.82) is 0 Å². The van der Waals surface area contributed by atoms with Crippen LogP contribution in [0.1, 0.15) is 29.9 Å². The van der Waals surface area contributed by atoms with Crippen molar-refractivity contribution in [1.82, 2.24) is 0 Å². The van der Waals surface area contributed by atoms with Crippen molar-refractivity contribution in [3.05, 3.63) is 41.5 Å². The maximum atomic E-state index is 12.2. The van der Waals surface area contributed by atoms with Crippen molar-refractivity contribution < 1.29 is 60.6 Å². The second-order valence-corrected chi connectivity index (χ2v) is 5.00. The smallest absolute Gasteiger partial charge is 1.00 e. The van der Waals surface area contributed by atoms with Crippen LogP contribution < -0.4 is 39.0 Å². The summed E-state index contributed by atoms with van der Waals surface area (Å²) in [5, 5.41) is 28.9. The van der Waals surface area contributed by atoms with Gasteiger partial charge in [0, 0.05) is 12.1 Å². The fourth-order valence-corrected chi connectivity index (χ4v) is 2.51. The summed E-state index contributed by atoms with van der Waals surface area (Å²) in [6, 6.07) is 7.06. The van der Waals surface area contributed by atoms with Gasteiger partial charge in [-0.3, -0.25) is 4.79 Å². The molecule has 6 nitrogen and oxygen atoms in total. The summed E-state index contributed by atoms with van der Waals surface area (Å²) < 4.78 is 10.8. The topological polar surface area (TPSA) is 96.2 Å². The van der Waals surface area contributed by atoms with Crippen LogP contribution >= 0.6 is 0 Å². The molecule has 0 unspecified atom stereocenters. The molecule has 0 saturated carbocycles. The Morgan fingerprint density at radius 2 is 1.91 bits per heavy atom. The molecule has 0 bridgehead atoms. The number of carbonyl (C=O) groups excluding carboxylic acids is 1. The molecule has 0 spiro atoms. The second-order valence-electron chi connectivity index (χ2n) is 5.00. The molecule has 7 heteroatoms. The maximum Gasteiger partial charge on any atom is 1.00 e. The van der Waals surface area contributed by atoms with Gasteiger partial charge in [0.25, 0.3) is 0 Å². The molecule has 3 rings (SSSR count). The predicted octanol–water partition coefficient (Wildman–Crippen LogP) is -0.365. The minimum atomic E-state index is -0.587. The molecule has 3 N–H and O–H groups in total. The number of phenolic OH excluding ortho intramolecular Hbond substituents is 3. The Hall–Kier alpha value is -1.89. The van der Waals surface area contributed by atoms with Gasteiger partial charge in [0.15, 0.2) is 17.3 Å². The minimum Gasteiger partial charge on any atom is -1.00 e. The van der Waals surface area contributed by atoms with Crippen LogP contribution in [0.5, 0.6) is 28.7 Å². The van der Waals surface area contributed by atoms with Crippen LogP contribution in [0, 0.1) is 0 Å².